The zero-order chi connectivity index (χ0) is 14.7. The molecule has 0 aliphatic carbocycles. The van der Waals surface area contributed by atoms with E-state index in [1.807, 2.05) is 31.8 Å². The van der Waals surface area contributed by atoms with Gasteiger partial charge in [0, 0.05) is 12.7 Å². The van der Waals surface area contributed by atoms with E-state index in [9.17, 15) is 0 Å². The summed E-state index contributed by atoms with van der Waals surface area (Å²) >= 11 is 3.52. The molecule has 1 unspecified atom stereocenters. The summed E-state index contributed by atoms with van der Waals surface area (Å²) in [5, 5.41) is 4.38. The summed E-state index contributed by atoms with van der Waals surface area (Å²) in [6.07, 6.45) is 3.50. The minimum atomic E-state index is -0.323. The van der Waals surface area contributed by atoms with Gasteiger partial charge in [0.1, 0.15) is 5.82 Å². The van der Waals surface area contributed by atoms with Crippen molar-refractivity contribution in [3.63, 3.8) is 0 Å². The predicted octanol–water partition coefficient (Wildman–Crippen LogP) is 1.35. The Bertz CT molecular complexity index is 580. The van der Waals surface area contributed by atoms with Crippen molar-refractivity contribution in [2.75, 3.05) is 20.6 Å². The molecule has 0 radical (unpaired) electrons. The lowest BCUT2D eigenvalue weighted by molar-refractivity contribution is 0.367. The van der Waals surface area contributed by atoms with Gasteiger partial charge in [-0.3, -0.25) is 4.68 Å². The van der Waals surface area contributed by atoms with Gasteiger partial charge >= 0.3 is 0 Å². The van der Waals surface area contributed by atoms with Crippen LogP contribution < -0.4 is 5.73 Å². The van der Waals surface area contributed by atoms with Gasteiger partial charge in [0.05, 0.1) is 34.6 Å². The van der Waals surface area contributed by atoms with Crippen LogP contribution in [0.1, 0.15) is 23.3 Å². The standard InChI is InChI=1S/C13H19BrN6/c1-9-16-5-4-11(18-9)12(15)13-10(14)8-17-20(13)7-6-19(2)3/h4-5,8,12H,6-7,15H2,1-3H3. The van der Waals surface area contributed by atoms with Gasteiger partial charge in [-0.15, -0.1) is 0 Å². The third-order valence-electron chi connectivity index (χ3n) is 3.00. The molecule has 1 atom stereocenters. The normalized spacial score (nSPS) is 12.9. The van der Waals surface area contributed by atoms with Crippen molar-refractivity contribution in [1.29, 1.82) is 0 Å². The largest absolute Gasteiger partial charge is 0.318 e. The molecule has 0 saturated carbocycles. The van der Waals surface area contributed by atoms with Crippen LogP contribution in [0.3, 0.4) is 0 Å². The minimum Gasteiger partial charge on any atom is -0.318 e. The maximum atomic E-state index is 6.34. The Balaban J connectivity index is 2.29. The average molecular weight is 339 g/mol. The third-order valence-corrected chi connectivity index (χ3v) is 3.61. The number of hydrogen-bond donors (Lipinski definition) is 1. The molecule has 6 nitrogen and oxygen atoms in total. The molecule has 0 spiro atoms. The van der Waals surface area contributed by atoms with E-state index in [1.165, 1.54) is 0 Å². The lowest BCUT2D eigenvalue weighted by Gasteiger charge is -2.16. The molecule has 0 aliphatic rings. The Morgan fingerprint density at radius 1 is 1.45 bits per heavy atom. The van der Waals surface area contributed by atoms with Gasteiger partial charge in [-0.25, -0.2) is 9.97 Å². The van der Waals surface area contributed by atoms with Crippen LogP contribution in [0.2, 0.25) is 0 Å². The number of nitrogens with zero attached hydrogens (tertiary/aromatic N) is 5. The average Bonchev–Trinajstić information content (AvgIpc) is 2.76. The minimum absolute atomic E-state index is 0.323. The first-order valence-electron chi connectivity index (χ1n) is 6.40. The van der Waals surface area contributed by atoms with E-state index in [4.69, 9.17) is 5.73 Å². The molecule has 0 bridgehead atoms. The number of nitrogens with two attached hydrogens (primary N) is 1. The van der Waals surface area contributed by atoms with E-state index in [2.05, 4.69) is 35.9 Å². The van der Waals surface area contributed by atoms with Gasteiger partial charge in [0.25, 0.3) is 0 Å². The number of hydrogen-bond acceptors (Lipinski definition) is 5. The van der Waals surface area contributed by atoms with Gasteiger partial charge in [-0.2, -0.15) is 5.10 Å². The molecule has 2 N–H and O–H groups in total. The van der Waals surface area contributed by atoms with Crippen molar-refractivity contribution in [2.24, 2.45) is 5.73 Å². The van der Waals surface area contributed by atoms with E-state index in [0.29, 0.717) is 5.82 Å². The summed E-state index contributed by atoms with van der Waals surface area (Å²) in [6, 6.07) is 1.52. The summed E-state index contributed by atoms with van der Waals surface area (Å²) in [5.74, 6) is 0.716. The fourth-order valence-electron chi connectivity index (χ4n) is 1.94. The molecule has 2 heterocycles. The van der Waals surface area contributed by atoms with Crippen LogP contribution in [0.15, 0.2) is 22.9 Å². The topological polar surface area (TPSA) is 72.9 Å². The SMILES string of the molecule is Cc1nccc(C(N)c2c(Br)cnn2CCN(C)C)n1. The van der Waals surface area contributed by atoms with E-state index in [-0.39, 0.29) is 6.04 Å². The fraction of sp³-hybridized carbons (Fsp3) is 0.462. The van der Waals surface area contributed by atoms with Crippen LogP contribution >= 0.6 is 15.9 Å². The van der Waals surface area contributed by atoms with Gasteiger partial charge in [-0.05, 0) is 43.0 Å². The first-order chi connectivity index (χ1) is 9.49. The quantitative estimate of drug-likeness (QED) is 0.890. The monoisotopic (exact) mass is 338 g/mol. The molecule has 20 heavy (non-hydrogen) atoms. The van der Waals surface area contributed by atoms with Gasteiger partial charge in [0.2, 0.25) is 0 Å². The number of likely N-dealkylation sites (N-methyl/N-ethyl adjacent to an activating group) is 1. The van der Waals surface area contributed by atoms with E-state index >= 15 is 0 Å². The lowest BCUT2D eigenvalue weighted by atomic mass is 10.1. The number of halogens is 1. The van der Waals surface area contributed by atoms with Crippen molar-refractivity contribution in [3.8, 4) is 0 Å². The predicted molar refractivity (Wildman–Crippen MR) is 81.3 cm³/mol. The highest BCUT2D eigenvalue weighted by atomic mass is 79.9. The fourth-order valence-corrected chi connectivity index (χ4v) is 2.48. The summed E-state index contributed by atoms with van der Waals surface area (Å²) in [7, 11) is 4.07. The number of aromatic nitrogens is 4. The van der Waals surface area contributed by atoms with Crippen molar-refractivity contribution in [3.05, 3.63) is 40.1 Å². The second-order valence-corrected chi connectivity index (χ2v) is 5.76. The Kier molecular flexibility index (Phi) is 4.85. The molecule has 108 valence electrons. The van der Waals surface area contributed by atoms with Crippen molar-refractivity contribution in [1.82, 2.24) is 24.6 Å². The molecular weight excluding hydrogens is 320 g/mol. The lowest BCUT2D eigenvalue weighted by Crippen LogP contribution is -2.24. The second-order valence-electron chi connectivity index (χ2n) is 4.91. The second kappa shape index (κ2) is 6.43. The van der Waals surface area contributed by atoms with Crippen LogP contribution in [0, 0.1) is 6.92 Å². The maximum Gasteiger partial charge on any atom is 0.125 e. The molecule has 2 aromatic rings. The van der Waals surface area contributed by atoms with Crippen molar-refractivity contribution in [2.45, 2.75) is 19.5 Å². The highest BCUT2D eigenvalue weighted by molar-refractivity contribution is 9.10. The van der Waals surface area contributed by atoms with Crippen LogP contribution in [0.4, 0.5) is 0 Å². The van der Waals surface area contributed by atoms with E-state index in [1.54, 1.807) is 12.4 Å². The highest BCUT2D eigenvalue weighted by Crippen LogP contribution is 2.25. The first kappa shape index (κ1) is 15.1. The van der Waals surface area contributed by atoms with E-state index < -0.39 is 0 Å². The Labute approximate surface area is 127 Å². The Morgan fingerprint density at radius 3 is 2.85 bits per heavy atom. The van der Waals surface area contributed by atoms with Gasteiger partial charge < -0.3 is 10.6 Å². The summed E-state index contributed by atoms with van der Waals surface area (Å²) in [6.45, 7) is 3.54. The van der Waals surface area contributed by atoms with Crippen LogP contribution in [0.5, 0.6) is 0 Å². The van der Waals surface area contributed by atoms with Crippen LogP contribution in [-0.4, -0.2) is 45.3 Å². The smallest absolute Gasteiger partial charge is 0.125 e. The summed E-state index contributed by atoms with van der Waals surface area (Å²) < 4.78 is 2.83. The molecular formula is C13H19BrN6. The molecule has 0 aromatic carbocycles. The first-order valence-corrected chi connectivity index (χ1v) is 7.19. The molecule has 2 rings (SSSR count). The molecule has 0 aliphatic heterocycles. The van der Waals surface area contributed by atoms with Gasteiger partial charge in [0.15, 0.2) is 0 Å². The number of aryl methyl sites for hydroxylation is 1. The summed E-state index contributed by atoms with van der Waals surface area (Å²) in [5.41, 5.74) is 8.07. The zero-order valence-electron chi connectivity index (χ0n) is 11.9. The highest BCUT2D eigenvalue weighted by Gasteiger charge is 2.19. The third kappa shape index (κ3) is 3.41. The molecule has 0 saturated heterocycles. The number of rotatable bonds is 5. The van der Waals surface area contributed by atoms with Crippen LogP contribution in [-0.2, 0) is 6.54 Å². The zero-order valence-corrected chi connectivity index (χ0v) is 13.5. The molecule has 2 aromatic heterocycles. The Hall–Kier alpha value is -1.31. The van der Waals surface area contributed by atoms with Crippen molar-refractivity contribution >= 4 is 15.9 Å². The molecule has 0 fully saturated rings. The summed E-state index contributed by atoms with van der Waals surface area (Å²) in [4.78, 5) is 10.6. The maximum absolute atomic E-state index is 6.34. The Morgan fingerprint density at radius 2 is 2.20 bits per heavy atom. The molecule has 7 heteroatoms. The molecule has 0 amide bonds. The van der Waals surface area contributed by atoms with Gasteiger partial charge in [-0.1, -0.05) is 0 Å². The van der Waals surface area contributed by atoms with Crippen LogP contribution in [0.25, 0.3) is 0 Å². The van der Waals surface area contributed by atoms with Crippen molar-refractivity contribution < 1.29 is 0 Å². The van der Waals surface area contributed by atoms with E-state index in [0.717, 1.165) is 29.0 Å².